The number of rotatable bonds is 7. The Morgan fingerprint density at radius 3 is 2.68 bits per heavy atom. The third kappa shape index (κ3) is 5.74. The van der Waals surface area contributed by atoms with Crippen LogP contribution in [0, 0.1) is 10.6 Å². The first-order valence-corrected chi connectivity index (χ1v) is 10.4. The van der Waals surface area contributed by atoms with Gasteiger partial charge < -0.3 is 10.6 Å². The number of amidine groups is 1. The number of halogens is 6. The summed E-state index contributed by atoms with van der Waals surface area (Å²) in [5, 5.41) is 12.8. The van der Waals surface area contributed by atoms with Crippen molar-refractivity contribution in [1.29, 1.82) is 4.78 Å². The minimum absolute atomic E-state index is 0.0504. The molecule has 28 heavy (non-hydrogen) atoms. The van der Waals surface area contributed by atoms with Crippen LogP contribution < -0.4 is 15.4 Å². The van der Waals surface area contributed by atoms with E-state index in [1.54, 1.807) is 27.6 Å². The van der Waals surface area contributed by atoms with Crippen LogP contribution in [0.25, 0.3) is 0 Å². The van der Waals surface area contributed by atoms with Gasteiger partial charge in [0.1, 0.15) is 5.82 Å². The Morgan fingerprint density at radius 1 is 1.36 bits per heavy atom. The van der Waals surface area contributed by atoms with E-state index in [1.165, 1.54) is 18.2 Å². The maximum atomic E-state index is 13.3. The molecule has 1 heterocycles. The lowest BCUT2D eigenvalue weighted by atomic mass is 10.3. The molecule has 1 aromatic heterocycles. The van der Waals surface area contributed by atoms with Crippen molar-refractivity contribution in [2.24, 2.45) is 3.21 Å². The summed E-state index contributed by atoms with van der Waals surface area (Å²) in [5.74, 6) is -0.230. The first kappa shape index (κ1) is 22.8. The van der Waals surface area contributed by atoms with Crippen LogP contribution in [0.5, 0.6) is 0 Å². The van der Waals surface area contributed by atoms with Crippen molar-refractivity contribution in [3.8, 4) is 0 Å². The van der Waals surface area contributed by atoms with Crippen LogP contribution in [0.3, 0.4) is 0 Å². The molecule has 1 aromatic carbocycles. The Bertz CT molecular complexity index is 967. The molecule has 16 heteroatoms. The van der Waals surface area contributed by atoms with Crippen LogP contribution in [-0.2, 0) is 9.92 Å². The maximum Gasteiger partial charge on any atom is 0.492 e. The Labute approximate surface area is 178 Å². The fourth-order valence-electron chi connectivity index (χ4n) is 1.75. The predicted molar refractivity (Wildman–Crippen MR) is 106 cm³/mol. The standard InChI is InChI=1S/C12H11BrF4IN7O2S/c13-7-5-6(1-2-8(7)14)22-11(23-18)9-10(25-27-24-9)20-3-4-21-28(19,26)12(15,16)17/h1-2,5H,3-4H2,(H,20,25)(H,22,23)(H2,19,21,26). The molecule has 154 valence electrons. The predicted octanol–water partition coefficient (Wildman–Crippen LogP) is 3.66. The fourth-order valence-corrected chi connectivity index (χ4v) is 3.03. The Balaban J connectivity index is 2.02. The molecule has 0 spiro atoms. The van der Waals surface area contributed by atoms with E-state index in [0.717, 1.165) is 0 Å². The molecule has 9 nitrogen and oxygen atoms in total. The van der Waals surface area contributed by atoms with Gasteiger partial charge in [-0.05, 0) is 44.4 Å². The minimum Gasteiger partial charge on any atom is -0.364 e. The van der Waals surface area contributed by atoms with Crippen LogP contribution in [0.15, 0.2) is 30.5 Å². The third-order valence-electron chi connectivity index (χ3n) is 3.03. The van der Waals surface area contributed by atoms with Crippen molar-refractivity contribution >= 4 is 66.1 Å². The van der Waals surface area contributed by atoms with E-state index in [2.05, 4.69) is 44.7 Å². The van der Waals surface area contributed by atoms with Gasteiger partial charge >= 0.3 is 5.51 Å². The van der Waals surface area contributed by atoms with Crippen molar-refractivity contribution in [2.75, 3.05) is 23.7 Å². The molecule has 1 unspecified atom stereocenters. The average molecular weight is 600 g/mol. The molecule has 4 N–H and O–H groups in total. The third-order valence-corrected chi connectivity index (χ3v) is 5.38. The van der Waals surface area contributed by atoms with Crippen molar-refractivity contribution in [2.45, 2.75) is 5.51 Å². The van der Waals surface area contributed by atoms with Gasteiger partial charge in [0.05, 0.1) is 27.3 Å². The van der Waals surface area contributed by atoms with Crippen LogP contribution in [0.1, 0.15) is 5.69 Å². The lowest BCUT2D eigenvalue weighted by Gasteiger charge is -2.12. The summed E-state index contributed by atoms with van der Waals surface area (Å²) in [4.78, 5) is 0. The molecule has 0 aliphatic heterocycles. The van der Waals surface area contributed by atoms with Crippen molar-refractivity contribution in [1.82, 2.24) is 15.0 Å². The summed E-state index contributed by atoms with van der Waals surface area (Å²) in [6.45, 7) is -0.604. The highest BCUT2D eigenvalue weighted by molar-refractivity contribution is 14.1. The highest BCUT2D eigenvalue weighted by atomic mass is 127. The van der Waals surface area contributed by atoms with Crippen molar-refractivity contribution in [3.05, 3.63) is 34.2 Å². The van der Waals surface area contributed by atoms with Gasteiger partial charge in [0.2, 0.25) is 15.7 Å². The molecule has 0 saturated heterocycles. The SMILES string of the molecule is N=S(=O)(NCCNc1nonc1C(=NI)Nc1ccc(F)c(Br)c1)C(F)(F)F. The molecular weight excluding hydrogens is 589 g/mol. The summed E-state index contributed by atoms with van der Waals surface area (Å²) in [6, 6.07) is 4.14. The van der Waals surface area contributed by atoms with E-state index in [0.29, 0.717) is 5.69 Å². The molecule has 2 aromatic rings. The van der Waals surface area contributed by atoms with Gasteiger partial charge in [-0.3, -0.25) is 0 Å². The van der Waals surface area contributed by atoms with Crippen LogP contribution in [0.4, 0.5) is 29.1 Å². The van der Waals surface area contributed by atoms with Gasteiger partial charge in [0.15, 0.2) is 11.5 Å². The number of alkyl halides is 3. The first-order chi connectivity index (χ1) is 13.0. The number of nitrogens with one attached hydrogen (secondary N) is 4. The van der Waals surface area contributed by atoms with Crippen molar-refractivity contribution < 1.29 is 26.4 Å². The maximum absolute atomic E-state index is 13.3. The second-order valence-corrected chi connectivity index (χ2v) is 8.17. The molecular formula is C12H11BrF4IN7O2S. The number of hydrogen-bond donors (Lipinski definition) is 4. The second kappa shape index (κ2) is 9.31. The van der Waals surface area contributed by atoms with E-state index in [1.807, 2.05) is 0 Å². The molecule has 0 fully saturated rings. The first-order valence-electron chi connectivity index (χ1n) is 7.12. The van der Waals surface area contributed by atoms with Gasteiger partial charge in [0.25, 0.3) is 0 Å². The van der Waals surface area contributed by atoms with Crippen molar-refractivity contribution in [3.63, 3.8) is 0 Å². The molecule has 0 bridgehead atoms. The normalized spacial score (nSPS) is 14.6. The van der Waals surface area contributed by atoms with E-state index >= 15 is 0 Å². The second-order valence-electron chi connectivity index (χ2n) is 4.97. The summed E-state index contributed by atoms with van der Waals surface area (Å²) >= 11 is 4.73. The Hall–Kier alpha value is -1.53. The van der Waals surface area contributed by atoms with Gasteiger partial charge in [-0.2, -0.15) is 16.4 Å². The summed E-state index contributed by atoms with van der Waals surface area (Å²) in [6.07, 6.45) is 0. The van der Waals surface area contributed by atoms with E-state index in [9.17, 15) is 21.8 Å². The highest BCUT2D eigenvalue weighted by Crippen LogP contribution is 2.23. The molecule has 0 amide bonds. The topological polar surface area (TPSA) is 128 Å². The molecule has 1 atom stereocenters. The van der Waals surface area contributed by atoms with E-state index in [-0.39, 0.29) is 28.4 Å². The Morgan fingerprint density at radius 2 is 2.07 bits per heavy atom. The molecule has 0 aliphatic carbocycles. The highest BCUT2D eigenvalue weighted by Gasteiger charge is 2.41. The zero-order chi connectivity index (χ0) is 20.9. The summed E-state index contributed by atoms with van der Waals surface area (Å²) in [7, 11) is -4.94. The zero-order valence-electron chi connectivity index (χ0n) is 13.5. The molecule has 0 aliphatic rings. The average Bonchev–Trinajstić information content (AvgIpc) is 3.07. The van der Waals surface area contributed by atoms with Crippen LogP contribution in [-0.4, -0.2) is 39.0 Å². The molecule has 0 radical (unpaired) electrons. The lowest BCUT2D eigenvalue weighted by Crippen LogP contribution is -2.37. The Kier molecular flexibility index (Phi) is 7.57. The van der Waals surface area contributed by atoms with E-state index < -0.39 is 27.8 Å². The summed E-state index contributed by atoms with van der Waals surface area (Å²) < 4.78 is 78.8. The number of benzene rings is 1. The van der Waals surface area contributed by atoms with Crippen LogP contribution in [0.2, 0.25) is 0 Å². The number of nitrogens with zero attached hydrogens (tertiary/aromatic N) is 3. The molecule has 2 rings (SSSR count). The largest absolute Gasteiger partial charge is 0.492 e. The monoisotopic (exact) mass is 599 g/mol. The van der Waals surface area contributed by atoms with Gasteiger partial charge in [-0.15, -0.1) is 0 Å². The molecule has 0 saturated carbocycles. The number of hydrogen-bond acceptors (Lipinski definition) is 7. The minimum atomic E-state index is -5.18. The zero-order valence-corrected chi connectivity index (χ0v) is 18.0. The van der Waals surface area contributed by atoms with Crippen LogP contribution >= 0.6 is 38.8 Å². The lowest BCUT2D eigenvalue weighted by molar-refractivity contribution is -0.0417. The van der Waals surface area contributed by atoms with Gasteiger partial charge in [0, 0.05) is 18.8 Å². The number of aromatic nitrogens is 2. The quantitative estimate of drug-likeness (QED) is 0.126. The fraction of sp³-hybridized carbons (Fsp3) is 0.250. The van der Waals surface area contributed by atoms with E-state index in [4.69, 9.17) is 4.78 Å². The van der Waals surface area contributed by atoms with Gasteiger partial charge in [-0.25, -0.2) is 22.7 Å². The van der Waals surface area contributed by atoms with Gasteiger partial charge in [-0.1, -0.05) is 0 Å². The number of anilines is 2. The summed E-state index contributed by atoms with van der Waals surface area (Å²) in [5.41, 5.74) is -4.60. The smallest absolute Gasteiger partial charge is 0.364 e.